The van der Waals surface area contributed by atoms with Crippen molar-refractivity contribution in [3.05, 3.63) is 54.0 Å². The Labute approximate surface area is 163 Å². The Hall–Kier alpha value is -2.52. The number of hydrogen-bond donors (Lipinski definition) is 3. The van der Waals surface area contributed by atoms with Crippen molar-refractivity contribution in [2.45, 2.75) is 24.2 Å². The van der Waals surface area contributed by atoms with Crippen molar-refractivity contribution in [3.63, 3.8) is 0 Å². The summed E-state index contributed by atoms with van der Waals surface area (Å²) in [6.45, 7) is 0.678. The normalized spacial score (nSPS) is 15.2. The highest BCUT2D eigenvalue weighted by molar-refractivity contribution is 7.89. The number of pyridine rings is 1. The molecule has 1 atom stereocenters. The molecule has 0 spiro atoms. The van der Waals surface area contributed by atoms with Crippen molar-refractivity contribution in [1.29, 1.82) is 0 Å². The zero-order valence-corrected chi connectivity index (χ0v) is 16.1. The summed E-state index contributed by atoms with van der Waals surface area (Å²) in [5, 5.41) is 3.00. The number of amides is 1. The van der Waals surface area contributed by atoms with E-state index in [1.54, 1.807) is 18.2 Å². The van der Waals surface area contributed by atoms with Gasteiger partial charge in [0.2, 0.25) is 15.9 Å². The topological polar surface area (TPSA) is 114 Å². The zero-order valence-electron chi connectivity index (χ0n) is 15.3. The van der Waals surface area contributed by atoms with Gasteiger partial charge in [-0.25, -0.2) is 22.5 Å². The van der Waals surface area contributed by atoms with E-state index in [2.05, 4.69) is 15.0 Å². The second-order valence-electron chi connectivity index (χ2n) is 6.99. The maximum atomic E-state index is 13.0. The van der Waals surface area contributed by atoms with E-state index >= 15 is 0 Å². The molecule has 7 nitrogen and oxygen atoms in total. The van der Waals surface area contributed by atoms with E-state index < -0.39 is 21.8 Å². The fourth-order valence-electron chi connectivity index (χ4n) is 2.68. The fraction of sp³-hybridized carbons (Fsp3) is 0.368. The number of sulfonamides is 1. The molecule has 0 radical (unpaired) electrons. The molecule has 0 aliphatic heterocycles. The van der Waals surface area contributed by atoms with Gasteiger partial charge in [-0.1, -0.05) is 12.1 Å². The zero-order chi connectivity index (χ0) is 20.1. The van der Waals surface area contributed by atoms with Crippen molar-refractivity contribution >= 4 is 21.7 Å². The Morgan fingerprint density at radius 2 is 1.93 bits per heavy atom. The van der Waals surface area contributed by atoms with Gasteiger partial charge in [-0.05, 0) is 55.0 Å². The van der Waals surface area contributed by atoms with Crippen LogP contribution in [0.1, 0.15) is 18.4 Å². The van der Waals surface area contributed by atoms with Gasteiger partial charge < -0.3 is 11.1 Å². The second kappa shape index (κ2) is 8.66. The fourth-order valence-corrected chi connectivity index (χ4v) is 3.74. The number of anilines is 1. The maximum absolute atomic E-state index is 13.0. The van der Waals surface area contributed by atoms with E-state index in [-0.39, 0.29) is 17.3 Å². The molecule has 1 saturated carbocycles. The number of nitrogens with two attached hydrogens (primary N) is 1. The van der Waals surface area contributed by atoms with Gasteiger partial charge in [0.05, 0.1) is 5.92 Å². The van der Waals surface area contributed by atoms with Gasteiger partial charge in [-0.2, -0.15) is 0 Å². The second-order valence-corrected chi connectivity index (χ2v) is 8.75. The highest BCUT2D eigenvalue weighted by Gasteiger charge is 2.24. The minimum Gasteiger partial charge on any atom is -0.369 e. The summed E-state index contributed by atoms with van der Waals surface area (Å²) < 4.78 is 40.0. The lowest BCUT2D eigenvalue weighted by Crippen LogP contribution is -2.31. The molecule has 1 aromatic heterocycles. The smallest absolute Gasteiger partial charge is 0.242 e. The number of primary amides is 1. The van der Waals surface area contributed by atoms with Gasteiger partial charge >= 0.3 is 0 Å². The summed E-state index contributed by atoms with van der Waals surface area (Å²) in [5.41, 5.74) is 6.26. The first-order valence-electron chi connectivity index (χ1n) is 9.07. The van der Waals surface area contributed by atoms with Gasteiger partial charge in [0.25, 0.3) is 0 Å². The molecule has 1 unspecified atom stereocenters. The standard InChI is InChI=1S/C19H23FN4O3S/c20-16-5-3-13(4-6-16)9-15(19(21)25)11-22-18-8-7-17(12-23-18)28(26,27)24-10-14-1-2-14/h3-8,12,14-15,24H,1-2,9-11H2,(H2,21,25)(H,22,23). The van der Waals surface area contributed by atoms with Crippen LogP contribution in [0.3, 0.4) is 0 Å². The predicted octanol–water partition coefficient (Wildman–Crippen LogP) is 1.67. The monoisotopic (exact) mass is 406 g/mol. The SMILES string of the molecule is NC(=O)C(CNc1ccc(S(=O)(=O)NCC2CC2)cn1)Cc1ccc(F)cc1. The molecule has 4 N–H and O–H groups in total. The first-order chi connectivity index (χ1) is 13.3. The molecule has 2 aromatic rings. The van der Waals surface area contributed by atoms with Gasteiger partial charge in [-0.15, -0.1) is 0 Å². The molecule has 1 heterocycles. The predicted molar refractivity (Wildman–Crippen MR) is 103 cm³/mol. The number of carbonyl (C=O) groups is 1. The molecular weight excluding hydrogens is 383 g/mol. The molecule has 1 aliphatic rings. The van der Waals surface area contributed by atoms with E-state index in [0.29, 0.717) is 24.7 Å². The van der Waals surface area contributed by atoms with E-state index in [1.807, 2.05) is 0 Å². The minimum atomic E-state index is -3.57. The Morgan fingerprint density at radius 1 is 1.21 bits per heavy atom. The summed E-state index contributed by atoms with van der Waals surface area (Å²) in [6, 6.07) is 8.89. The van der Waals surface area contributed by atoms with Crippen LogP contribution < -0.4 is 15.8 Å². The van der Waals surface area contributed by atoms with E-state index in [4.69, 9.17) is 5.73 Å². The first-order valence-corrected chi connectivity index (χ1v) is 10.5. The molecule has 1 aromatic carbocycles. The average Bonchev–Trinajstić information content (AvgIpc) is 3.50. The summed E-state index contributed by atoms with van der Waals surface area (Å²) in [7, 11) is -3.57. The highest BCUT2D eigenvalue weighted by atomic mass is 32.2. The molecule has 0 bridgehead atoms. The molecule has 150 valence electrons. The number of hydrogen-bond acceptors (Lipinski definition) is 5. The van der Waals surface area contributed by atoms with Gasteiger partial charge in [-0.3, -0.25) is 4.79 Å². The number of nitrogens with zero attached hydrogens (tertiary/aromatic N) is 1. The summed E-state index contributed by atoms with van der Waals surface area (Å²) >= 11 is 0. The Bertz CT molecular complexity index is 913. The molecule has 9 heteroatoms. The largest absolute Gasteiger partial charge is 0.369 e. The van der Waals surface area contributed by atoms with Crippen LogP contribution in [-0.2, 0) is 21.2 Å². The highest BCUT2D eigenvalue weighted by Crippen LogP contribution is 2.28. The average molecular weight is 406 g/mol. The third kappa shape index (κ3) is 5.74. The summed E-state index contributed by atoms with van der Waals surface area (Å²) in [6.07, 6.45) is 3.75. The Morgan fingerprint density at radius 3 is 2.50 bits per heavy atom. The number of nitrogens with one attached hydrogen (secondary N) is 2. The van der Waals surface area contributed by atoms with E-state index in [9.17, 15) is 17.6 Å². The van der Waals surface area contributed by atoms with E-state index in [0.717, 1.165) is 18.4 Å². The van der Waals surface area contributed by atoms with Crippen LogP contribution in [0, 0.1) is 17.7 Å². The third-order valence-corrected chi connectivity index (χ3v) is 6.04. The van der Waals surface area contributed by atoms with Crippen molar-refractivity contribution in [3.8, 4) is 0 Å². The number of halogens is 1. The lowest BCUT2D eigenvalue weighted by atomic mass is 9.98. The third-order valence-electron chi connectivity index (χ3n) is 4.63. The van der Waals surface area contributed by atoms with Crippen LogP contribution >= 0.6 is 0 Å². The van der Waals surface area contributed by atoms with Crippen LogP contribution in [0.15, 0.2) is 47.5 Å². The number of rotatable bonds is 10. The van der Waals surface area contributed by atoms with Crippen molar-refractivity contribution in [2.75, 3.05) is 18.4 Å². The number of aromatic nitrogens is 1. The van der Waals surface area contributed by atoms with Crippen LogP contribution in [0.2, 0.25) is 0 Å². The molecular formula is C19H23FN4O3S. The first kappa shape index (κ1) is 20.2. The number of carbonyl (C=O) groups excluding carboxylic acids is 1. The molecule has 1 amide bonds. The molecule has 0 saturated heterocycles. The van der Waals surface area contributed by atoms with E-state index in [1.165, 1.54) is 24.4 Å². The van der Waals surface area contributed by atoms with Crippen molar-refractivity contribution in [1.82, 2.24) is 9.71 Å². The molecule has 28 heavy (non-hydrogen) atoms. The lowest BCUT2D eigenvalue weighted by Gasteiger charge is -2.15. The lowest BCUT2D eigenvalue weighted by molar-refractivity contribution is -0.121. The van der Waals surface area contributed by atoms with Gasteiger partial charge in [0.15, 0.2) is 0 Å². The van der Waals surface area contributed by atoms with Crippen molar-refractivity contribution < 1.29 is 17.6 Å². The van der Waals surface area contributed by atoms with Crippen LogP contribution in [0.25, 0.3) is 0 Å². The molecule has 1 aliphatic carbocycles. The molecule has 3 rings (SSSR count). The summed E-state index contributed by atoms with van der Waals surface area (Å²) in [5.74, 6) is -0.471. The van der Waals surface area contributed by atoms with Crippen LogP contribution in [-0.4, -0.2) is 32.4 Å². The maximum Gasteiger partial charge on any atom is 0.242 e. The van der Waals surface area contributed by atoms with Crippen LogP contribution in [0.5, 0.6) is 0 Å². The Kier molecular flexibility index (Phi) is 6.25. The van der Waals surface area contributed by atoms with Crippen molar-refractivity contribution in [2.24, 2.45) is 17.6 Å². The van der Waals surface area contributed by atoms with Gasteiger partial charge in [0.1, 0.15) is 16.5 Å². The van der Waals surface area contributed by atoms with Crippen LogP contribution in [0.4, 0.5) is 10.2 Å². The number of benzene rings is 1. The van der Waals surface area contributed by atoms with Gasteiger partial charge in [0, 0.05) is 19.3 Å². The quantitative estimate of drug-likeness (QED) is 0.555. The molecule has 1 fully saturated rings. The summed E-state index contributed by atoms with van der Waals surface area (Å²) in [4.78, 5) is 15.9. The Balaban J connectivity index is 1.57. The minimum absolute atomic E-state index is 0.0939.